The van der Waals surface area contributed by atoms with Gasteiger partial charge in [-0.1, -0.05) is 103 Å². The average molecular weight is 395 g/mol. The molecule has 0 saturated carbocycles. The number of aromatic nitrogens is 2. The van der Waals surface area contributed by atoms with Crippen LogP contribution < -0.4 is 5.19 Å². The van der Waals surface area contributed by atoms with E-state index in [9.17, 15) is 0 Å². The second-order valence-electron chi connectivity index (χ2n) is 7.34. The fourth-order valence-electron chi connectivity index (χ4n) is 3.88. The van der Waals surface area contributed by atoms with E-state index in [1.54, 1.807) is 0 Å². The fourth-order valence-corrected chi connectivity index (χ4v) is 5.62. The molecule has 2 radical (unpaired) electrons. The number of hydrogen-bond donors (Lipinski definition) is 0. The maximum atomic E-state index is 4.41. The van der Waals surface area contributed by atoms with Gasteiger partial charge in [0.2, 0.25) is 0 Å². The summed E-state index contributed by atoms with van der Waals surface area (Å²) in [5.74, 6) is 0. The number of rotatable bonds is 8. The Bertz CT molecular complexity index is 972. The van der Waals surface area contributed by atoms with Crippen LogP contribution in [0.1, 0.15) is 36.5 Å². The van der Waals surface area contributed by atoms with Gasteiger partial charge in [-0.25, -0.2) is 4.98 Å². The normalized spacial score (nSPS) is 11.5. The molecule has 0 spiro atoms. The zero-order valence-corrected chi connectivity index (χ0v) is 17.8. The van der Waals surface area contributed by atoms with Gasteiger partial charge in [0, 0.05) is 12.4 Å². The lowest BCUT2D eigenvalue weighted by Gasteiger charge is -2.36. The van der Waals surface area contributed by atoms with Crippen molar-refractivity contribution in [2.45, 2.75) is 31.3 Å². The van der Waals surface area contributed by atoms with Gasteiger partial charge in [-0.15, -0.1) is 0 Å². The standard InChI is InChI=1S/C26H26N2Si/c1-2-3-11-22-12-10-17-25(20-22)29-26(28-19-18-27-21-28,23-13-6-4-7-14-23)24-15-8-5-9-16-24/h4-10,12-21H,2-3,11H2,1H3. The number of imidazole rings is 1. The molecular formula is C26H26N2Si. The molecule has 3 heteroatoms. The zero-order chi connectivity index (χ0) is 19.9. The molecule has 0 aliphatic heterocycles. The molecule has 0 amide bonds. The van der Waals surface area contributed by atoms with Crippen molar-refractivity contribution in [3.05, 3.63) is 120 Å². The van der Waals surface area contributed by atoms with Gasteiger partial charge in [0.15, 0.2) is 0 Å². The van der Waals surface area contributed by atoms with Crippen molar-refractivity contribution in [3.63, 3.8) is 0 Å². The number of benzene rings is 3. The Balaban J connectivity index is 1.87. The summed E-state index contributed by atoms with van der Waals surface area (Å²) in [5, 5.41) is 1.06. The predicted molar refractivity (Wildman–Crippen MR) is 122 cm³/mol. The summed E-state index contributed by atoms with van der Waals surface area (Å²) in [7, 11) is 0.540. The minimum Gasteiger partial charge on any atom is -0.326 e. The molecule has 0 fully saturated rings. The third-order valence-corrected chi connectivity index (χ3v) is 7.14. The van der Waals surface area contributed by atoms with Crippen molar-refractivity contribution >= 4 is 14.7 Å². The van der Waals surface area contributed by atoms with Gasteiger partial charge in [-0.3, -0.25) is 0 Å². The van der Waals surface area contributed by atoms with Gasteiger partial charge in [-0.2, -0.15) is 0 Å². The largest absolute Gasteiger partial charge is 0.326 e. The van der Waals surface area contributed by atoms with Crippen molar-refractivity contribution in [2.24, 2.45) is 0 Å². The van der Waals surface area contributed by atoms with Crippen molar-refractivity contribution in [1.82, 2.24) is 9.55 Å². The lowest BCUT2D eigenvalue weighted by atomic mass is 9.97. The van der Waals surface area contributed by atoms with Crippen LogP contribution >= 0.6 is 0 Å². The summed E-state index contributed by atoms with van der Waals surface area (Å²) in [4.78, 5) is 4.41. The zero-order valence-electron chi connectivity index (χ0n) is 16.8. The van der Waals surface area contributed by atoms with Gasteiger partial charge in [-0.05, 0) is 29.5 Å². The first kappa shape index (κ1) is 19.4. The molecule has 0 saturated heterocycles. The smallest absolute Gasteiger partial charge is 0.127 e. The van der Waals surface area contributed by atoms with E-state index in [1.165, 1.54) is 34.7 Å². The molecule has 29 heavy (non-hydrogen) atoms. The van der Waals surface area contributed by atoms with Crippen molar-refractivity contribution < 1.29 is 0 Å². The first-order chi connectivity index (χ1) is 14.3. The van der Waals surface area contributed by atoms with Crippen LogP contribution in [0, 0.1) is 0 Å². The van der Waals surface area contributed by atoms with Gasteiger partial charge >= 0.3 is 0 Å². The van der Waals surface area contributed by atoms with Crippen LogP contribution in [0.5, 0.6) is 0 Å². The number of hydrogen-bond acceptors (Lipinski definition) is 1. The molecular weight excluding hydrogens is 368 g/mol. The monoisotopic (exact) mass is 394 g/mol. The molecule has 4 aromatic rings. The van der Waals surface area contributed by atoms with Crippen LogP contribution in [-0.4, -0.2) is 19.1 Å². The molecule has 0 unspecified atom stereocenters. The SMILES string of the molecule is CCCCc1cccc([Si]C(c2ccccc2)(c2ccccc2)n2ccnc2)c1. The first-order valence-electron chi connectivity index (χ1n) is 10.3. The summed E-state index contributed by atoms with van der Waals surface area (Å²) in [6.45, 7) is 2.25. The molecule has 0 N–H and O–H groups in total. The van der Waals surface area contributed by atoms with E-state index in [4.69, 9.17) is 0 Å². The lowest BCUT2D eigenvalue weighted by Crippen LogP contribution is -2.46. The summed E-state index contributed by atoms with van der Waals surface area (Å²) < 4.78 is 2.27. The molecule has 0 atom stereocenters. The van der Waals surface area contributed by atoms with Crippen LogP contribution in [-0.2, 0) is 11.6 Å². The second-order valence-corrected chi connectivity index (χ2v) is 8.89. The van der Waals surface area contributed by atoms with E-state index >= 15 is 0 Å². The van der Waals surface area contributed by atoms with E-state index in [0.717, 1.165) is 6.42 Å². The minimum atomic E-state index is -0.317. The Kier molecular flexibility index (Phi) is 6.06. The lowest BCUT2D eigenvalue weighted by molar-refractivity contribution is 0.596. The van der Waals surface area contributed by atoms with Gasteiger partial charge in [0.05, 0.1) is 11.5 Å². The molecule has 3 aromatic carbocycles. The van der Waals surface area contributed by atoms with Crippen LogP contribution in [0.4, 0.5) is 0 Å². The number of unbranched alkanes of at least 4 members (excludes halogenated alkanes) is 1. The van der Waals surface area contributed by atoms with E-state index in [1.807, 2.05) is 12.5 Å². The summed E-state index contributed by atoms with van der Waals surface area (Å²) >= 11 is 0. The highest BCUT2D eigenvalue weighted by atomic mass is 28.2. The Labute approximate surface area is 176 Å². The van der Waals surface area contributed by atoms with Crippen LogP contribution in [0.3, 0.4) is 0 Å². The summed E-state index contributed by atoms with van der Waals surface area (Å²) in [5.41, 5.74) is 3.99. The number of aryl methyl sites for hydroxylation is 1. The van der Waals surface area contributed by atoms with E-state index in [2.05, 4.69) is 108 Å². The van der Waals surface area contributed by atoms with Gasteiger partial charge in [0.1, 0.15) is 9.52 Å². The van der Waals surface area contributed by atoms with E-state index < -0.39 is 0 Å². The third kappa shape index (κ3) is 4.10. The summed E-state index contributed by atoms with van der Waals surface area (Å²) in [6, 6.07) is 30.8. The Morgan fingerprint density at radius 1 is 0.862 bits per heavy atom. The van der Waals surface area contributed by atoms with Crippen LogP contribution in [0.15, 0.2) is 104 Å². The molecule has 0 bridgehead atoms. The molecule has 1 aromatic heterocycles. The first-order valence-corrected chi connectivity index (χ1v) is 11.3. The maximum Gasteiger partial charge on any atom is 0.127 e. The van der Waals surface area contributed by atoms with E-state index in [-0.39, 0.29) is 5.16 Å². The molecule has 0 aliphatic carbocycles. The van der Waals surface area contributed by atoms with Crippen molar-refractivity contribution in [2.75, 3.05) is 0 Å². The second kappa shape index (κ2) is 9.06. The summed E-state index contributed by atoms with van der Waals surface area (Å²) in [6.07, 6.45) is 9.52. The van der Waals surface area contributed by atoms with Gasteiger partial charge < -0.3 is 4.57 Å². The third-order valence-electron chi connectivity index (χ3n) is 5.35. The average Bonchev–Trinajstić information content (AvgIpc) is 3.33. The molecule has 0 aliphatic rings. The topological polar surface area (TPSA) is 17.8 Å². The number of nitrogens with zero attached hydrogens (tertiary/aromatic N) is 2. The van der Waals surface area contributed by atoms with Crippen molar-refractivity contribution in [3.8, 4) is 0 Å². The Hall–Kier alpha value is -2.91. The van der Waals surface area contributed by atoms with Crippen molar-refractivity contribution in [1.29, 1.82) is 0 Å². The highest BCUT2D eigenvalue weighted by Gasteiger charge is 2.37. The fraction of sp³-hybridized carbons (Fsp3) is 0.192. The highest BCUT2D eigenvalue weighted by molar-refractivity contribution is 6.57. The minimum absolute atomic E-state index is 0.317. The Morgan fingerprint density at radius 3 is 2.14 bits per heavy atom. The van der Waals surface area contributed by atoms with Gasteiger partial charge in [0.25, 0.3) is 0 Å². The highest BCUT2D eigenvalue weighted by Crippen LogP contribution is 2.33. The molecule has 2 nitrogen and oxygen atoms in total. The van der Waals surface area contributed by atoms with Crippen LogP contribution in [0.25, 0.3) is 0 Å². The predicted octanol–water partition coefficient (Wildman–Crippen LogP) is 5.00. The Morgan fingerprint density at radius 2 is 1.55 bits per heavy atom. The quantitative estimate of drug-likeness (QED) is 0.384. The maximum absolute atomic E-state index is 4.41. The van der Waals surface area contributed by atoms with E-state index in [0.29, 0.717) is 9.52 Å². The van der Waals surface area contributed by atoms with Crippen LogP contribution in [0.2, 0.25) is 0 Å². The molecule has 1 heterocycles. The molecule has 4 rings (SSSR count). The molecule has 144 valence electrons.